The molecule has 1 amide bonds. The van der Waals surface area contributed by atoms with Gasteiger partial charge in [-0.3, -0.25) is 4.79 Å². The van der Waals surface area contributed by atoms with Gasteiger partial charge in [0.05, 0.1) is 13.7 Å². The van der Waals surface area contributed by atoms with Crippen molar-refractivity contribution in [2.75, 3.05) is 7.11 Å². The molecule has 0 fully saturated rings. The fraction of sp³-hybridized carbons (Fsp3) is 0.278. The van der Waals surface area contributed by atoms with E-state index >= 15 is 0 Å². The Morgan fingerprint density at radius 3 is 2.52 bits per heavy atom. The monoisotopic (exact) mass is 317 g/mol. The number of carbonyl (C=O) groups is 1. The number of benzene rings is 2. The van der Waals surface area contributed by atoms with Crippen molar-refractivity contribution in [3.8, 4) is 5.75 Å². The first-order chi connectivity index (χ1) is 11.1. The maximum atomic E-state index is 13.3. The second kappa shape index (κ2) is 8.29. The molecule has 0 spiro atoms. The smallest absolute Gasteiger partial charge is 0.220 e. The summed E-state index contributed by atoms with van der Waals surface area (Å²) in [7, 11) is 1.61. The van der Waals surface area contributed by atoms with Crippen molar-refractivity contribution in [1.29, 1.82) is 0 Å². The van der Waals surface area contributed by atoms with E-state index in [1.165, 1.54) is 6.07 Å². The third-order valence-electron chi connectivity index (χ3n) is 3.57. The molecule has 23 heavy (non-hydrogen) atoms. The van der Waals surface area contributed by atoms with Gasteiger partial charge in [-0.15, -0.1) is 0 Å². The fourth-order valence-corrected chi connectivity index (χ4v) is 2.20. The molecule has 5 heteroatoms. The van der Waals surface area contributed by atoms with Crippen LogP contribution in [-0.4, -0.2) is 18.1 Å². The number of aryl methyl sites for hydroxylation is 1. The maximum Gasteiger partial charge on any atom is 0.220 e. The molecule has 0 aliphatic carbocycles. The standard InChI is InChI=1S/C18H20FNO3/c1-23-16-6-2-13(3-7-16)5-9-18(22)20-11-14-4-8-17(19)15(10-14)12-21/h2-4,6-8,10,21H,5,9,11-12H2,1H3,(H,20,22). The van der Waals surface area contributed by atoms with Gasteiger partial charge in [0.2, 0.25) is 5.91 Å². The Kier molecular flexibility index (Phi) is 6.11. The van der Waals surface area contributed by atoms with Crippen LogP contribution in [0.15, 0.2) is 42.5 Å². The maximum absolute atomic E-state index is 13.3. The molecule has 0 radical (unpaired) electrons. The van der Waals surface area contributed by atoms with Gasteiger partial charge in [0.25, 0.3) is 0 Å². The molecule has 2 rings (SSSR count). The van der Waals surface area contributed by atoms with Crippen LogP contribution in [-0.2, 0) is 24.4 Å². The first kappa shape index (κ1) is 17.0. The van der Waals surface area contributed by atoms with Crippen LogP contribution in [0.1, 0.15) is 23.1 Å². The lowest BCUT2D eigenvalue weighted by molar-refractivity contribution is -0.121. The SMILES string of the molecule is COc1ccc(CCC(=O)NCc2ccc(F)c(CO)c2)cc1. The highest BCUT2D eigenvalue weighted by Crippen LogP contribution is 2.13. The second-order valence-electron chi connectivity index (χ2n) is 5.21. The number of methoxy groups -OCH3 is 1. The molecule has 2 aromatic carbocycles. The van der Waals surface area contributed by atoms with Crippen molar-refractivity contribution < 1.29 is 19.0 Å². The van der Waals surface area contributed by atoms with E-state index < -0.39 is 5.82 Å². The number of nitrogens with one attached hydrogen (secondary N) is 1. The largest absolute Gasteiger partial charge is 0.497 e. The van der Waals surface area contributed by atoms with E-state index in [-0.39, 0.29) is 18.1 Å². The molecule has 0 aliphatic heterocycles. The third kappa shape index (κ3) is 5.07. The van der Waals surface area contributed by atoms with Crippen LogP contribution in [0.4, 0.5) is 4.39 Å². The number of aliphatic hydroxyl groups excluding tert-OH is 1. The Bertz CT molecular complexity index is 656. The van der Waals surface area contributed by atoms with Gasteiger partial charge >= 0.3 is 0 Å². The molecule has 2 N–H and O–H groups in total. The number of aliphatic hydroxyl groups is 1. The molecule has 0 aliphatic rings. The van der Waals surface area contributed by atoms with Crippen LogP contribution >= 0.6 is 0 Å². The average Bonchev–Trinajstić information content (AvgIpc) is 2.59. The number of hydrogen-bond donors (Lipinski definition) is 2. The Morgan fingerprint density at radius 2 is 1.87 bits per heavy atom. The molecular formula is C18H20FNO3. The van der Waals surface area contributed by atoms with Gasteiger partial charge in [-0.1, -0.05) is 18.2 Å². The second-order valence-corrected chi connectivity index (χ2v) is 5.21. The Balaban J connectivity index is 1.80. The van der Waals surface area contributed by atoms with Crippen LogP contribution < -0.4 is 10.1 Å². The zero-order chi connectivity index (χ0) is 16.7. The summed E-state index contributed by atoms with van der Waals surface area (Å²) in [4.78, 5) is 11.9. The average molecular weight is 317 g/mol. The van der Waals surface area contributed by atoms with Crippen LogP contribution in [0.3, 0.4) is 0 Å². The van der Waals surface area contributed by atoms with Crippen molar-refractivity contribution in [2.45, 2.75) is 26.0 Å². The third-order valence-corrected chi connectivity index (χ3v) is 3.57. The van der Waals surface area contributed by atoms with Gasteiger partial charge in [0.15, 0.2) is 0 Å². The molecule has 0 aromatic heterocycles. The molecule has 122 valence electrons. The van der Waals surface area contributed by atoms with Crippen LogP contribution in [0.5, 0.6) is 5.75 Å². The molecule has 4 nitrogen and oxygen atoms in total. The number of halogens is 1. The molecule has 0 atom stereocenters. The summed E-state index contributed by atoms with van der Waals surface area (Å²) < 4.78 is 18.4. The fourth-order valence-electron chi connectivity index (χ4n) is 2.20. The van der Waals surface area contributed by atoms with Crippen LogP contribution in [0.25, 0.3) is 0 Å². The van der Waals surface area contributed by atoms with Crippen molar-refractivity contribution in [3.63, 3.8) is 0 Å². The summed E-state index contributed by atoms with van der Waals surface area (Å²) in [5, 5.41) is 11.8. The number of ether oxygens (including phenoxy) is 1. The van der Waals surface area contributed by atoms with Crippen molar-refractivity contribution in [2.24, 2.45) is 0 Å². The van der Waals surface area contributed by atoms with E-state index in [0.717, 1.165) is 16.9 Å². The van der Waals surface area contributed by atoms with E-state index in [1.807, 2.05) is 24.3 Å². The molecule has 0 saturated carbocycles. The predicted octanol–water partition coefficient (Wildman–Crippen LogP) is 2.58. The van der Waals surface area contributed by atoms with Crippen molar-refractivity contribution >= 4 is 5.91 Å². The predicted molar refractivity (Wildman–Crippen MR) is 85.5 cm³/mol. The highest BCUT2D eigenvalue weighted by molar-refractivity contribution is 5.76. The minimum atomic E-state index is -0.443. The Morgan fingerprint density at radius 1 is 1.17 bits per heavy atom. The molecule has 0 bridgehead atoms. The minimum Gasteiger partial charge on any atom is -0.497 e. The molecular weight excluding hydrogens is 297 g/mol. The highest BCUT2D eigenvalue weighted by Gasteiger charge is 2.05. The van der Waals surface area contributed by atoms with Crippen molar-refractivity contribution in [3.05, 3.63) is 65.0 Å². The van der Waals surface area contributed by atoms with Gasteiger partial charge in [-0.05, 0) is 41.8 Å². The molecule has 0 unspecified atom stereocenters. The Hall–Kier alpha value is -2.40. The van der Waals surface area contributed by atoms with Crippen LogP contribution in [0.2, 0.25) is 0 Å². The number of carbonyl (C=O) groups excluding carboxylic acids is 1. The summed E-state index contributed by atoms with van der Waals surface area (Å²) in [6.45, 7) is -0.0418. The Labute approximate surface area is 134 Å². The quantitative estimate of drug-likeness (QED) is 0.825. The van der Waals surface area contributed by atoms with Gasteiger partial charge in [0.1, 0.15) is 11.6 Å². The van der Waals surface area contributed by atoms with E-state index in [9.17, 15) is 9.18 Å². The van der Waals surface area contributed by atoms with Gasteiger partial charge in [-0.2, -0.15) is 0 Å². The number of rotatable bonds is 7. The van der Waals surface area contributed by atoms with Crippen LogP contribution in [0, 0.1) is 5.82 Å². The lowest BCUT2D eigenvalue weighted by Gasteiger charge is -2.08. The number of hydrogen-bond acceptors (Lipinski definition) is 3. The summed E-state index contributed by atoms with van der Waals surface area (Å²) in [6.07, 6.45) is 1.02. The van der Waals surface area contributed by atoms with E-state index in [4.69, 9.17) is 9.84 Å². The minimum absolute atomic E-state index is 0.0734. The highest BCUT2D eigenvalue weighted by atomic mass is 19.1. The van der Waals surface area contributed by atoms with E-state index in [0.29, 0.717) is 19.4 Å². The zero-order valence-electron chi connectivity index (χ0n) is 13.0. The van der Waals surface area contributed by atoms with Gasteiger partial charge < -0.3 is 15.2 Å². The van der Waals surface area contributed by atoms with E-state index in [1.54, 1.807) is 19.2 Å². The van der Waals surface area contributed by atoms with Crippen molar-refractivity contribution in [1.82, 2.24) is 5.32 Å². The summed E-state index contributed by atoms with van der Waals surface area (Å²) >= 11 is 0. The lowest BCUT2D eigenvalue weighted by atomic mass is 10.1. The summed E-state index contributed by atoms with van der Waals surface area (Å²) in [5.41, 5.74) is 2.05. The summed E-state index contributed by atoms with van der Waals surface area (Å²) in [5.74, 6) is 0.270. The van der Waals surface area contributed by atoms with Gasteiger partial charge in [0, 0.05) is 18.5 Å². The summed E-state index contributed by atoms with van der Waals surface area (Å²) in [6, 6.07) is 12.0. The lowest BCUT2D eigenvalue weighted by Crippen LogP contribution is -2.23. The molecule has 2 aromatic rings. The normalized spacial score (nSPS) is 10.4. The first-order valence-corrected chi connectivity index (χ1v) is 7.40. The zero-order valence-corrected chi connectivity index (χ0v) is 13.0. The van der Waals surface area contributed by atoms with Gasteiger partial charge in [-0.25, -0.2) is 4.39 Å². The number of amides is 1. The topological polar surface area (TPSA) is 58.6 Å². The molecule has 0 heterocycles. The van der Waals surface area contributed by atoms with E-state index in [2.05, 4.69) is 5.32 Å². The first-order valence-electron chi connectivity index (χ1n) is 7.40. The molecule has 0 saturated heterocycles.